The molecular formula is C19H23N3O5. The number of rotatable bonds is 4. The van der Waals surface area contributed by atoms with E-state index in [1.165, 1.54) is 27.4 Å². The fraction of sp³-hybridized carbons (Fsp3) is 0.421. The second-order valence-corrected chi connectivity index (χ2v) is 7.10. The predicted octanol–water partition coefficient (Wildman–Crippen LogP) is 0.685. The summed E-state index contributed by atoms with van der Waals surface area (Å²) in [6.45, 7) is 5.14. The van der Waals surface area contributed by atoms with Crippen LogP contribution in [0.4, 0.5) is 5.88 Å². The van der Waals surface area contributed by atoms with Crippen molar-refractivity contribution in [1.29, 1.82) is 0 Å². The SMILES string of the molecule is Cc1ccn(CC(C)(O)C(=O)N2CCN(c3ccc(C)o3)C(=O)C2)c(=O)c1. The number of hydrogen-bond donors (Lipinski definition) is 1. The van der Waals surface area contributed by atoms with Gasteiger partial charge in [0.25, 0.3) is 11.5 Å². The molecule has 0 radical (unpaired) electrons. The average molecular weight is 373 g/mol. The molecule has 0 spiro atoms. The fourth-order valence-corrected chi connectivity index (χ4v) is 3.12. The van der Waals surface area contributed by atoms with Crippen LogP contribution < -0.4 is 10.5 Å². The van der Waals surface area contributed by atoms with Gasteiger partial charge in [0.15, 0.2) is 5.60 Å². The fourth-order valence-electron chi connectivity index (χ4n) is 3.12. The summed E-state index contributed by atoms with van der Waals surface area (Å²) in [5, 5.41) is 10.7. The van der Waals surface area contributed by atoms with E-state index in [2.05, 4.69) is 0 Å². The highest BCUT2D eigenvalue weighted by molar-refractivity contribution is 5.98. The number of aromatic nitrogens is 1. The van der Waals surface area contributed by atoms with Crippen molar-refractivity contribution in [2.75, 3.05) is 24.5 Å². The Hall–Kier alpha value is -2.87. The summed E-state index contributed by atoms with van der Waals surface area (Å²) >= 11 is 0. The van der Waals surface area contributed by atoms with E-state index in [9.17, 15) is 19.5 Å². The Kier molecular flexibility index (Phi) is 4.93. The van der Waals surface area contributed by atoms with Crippen molar-refractivity contribution in [3.63, 3.8) is 0 Å². The Bertz CT molecular complexity index is 927. The van der Waals surface area contributed by atoms with Gasteiger partial charge in [-0.1, -0.05) is 0 Å². The van der Waals surface area contributed by atoms with E-state index >= 15 is 0 Å². The van der Waals surface area contributed by atoms with Gasteiger partial charge in [0.2, 0.25) is 11.8 Å². The molecule has 2 aromatic heterocycles. The summed E-state index contributed by atoms with van der Waals surface area (Å²) in [4.78, 5) is 40.0. The van der Waals surface area contributed by atoms with Crippen molar-refractivity contribution >= 4 is 17.7 Å². The van der Waals surface area contributed by atoms with Crippen molar-refractivity contribution in [3.8, 4) is 0 Å². The Morgan fingerprint density at radius 2 is 1.96 bits per heavy atom. The third-order valence-corrected chi connectivity index (χ3v) is 4.59. The van der Waals surface area contributed by atoms with E-state index in [-0.39, 0.29) is 37.6 Å². The number of aryl methyl sites for hydroxylation is 2. The zero-order valence-corrected chi connectivity index (χ0v) is 15.6. The summed E-state index contributed by atoms with van der Waals surface area (Å²) < 4.78 is 6.76. The minimum atomic E-state index is -1.80. The normalized spacial score (nSPS) is 17.1. The van der Waals surface area contributed by atoms with Gasteiger partial charge in [0.05, 0.1) is 6.54 Å². The molecule has 144 valence electrons. The zero-order chi connectivity index (χ0) is 19.8. The third kappa shape index (κ3) is 3.95. The second kappa shape index (κ2) is 7.03. The highest BCUT2D eigenvalue weighted by Gasteiger charge is 2.39. The number of carbonyl (C=O) groups is 2. The monoisotopic (exact) mass is 373 g/mol. The van der Waals surface area contributed by atoms with Crippen LogP contribution in [0.1, 0.15) is 18.2 Å². The lowest BCUT2D eigenvalue weighted by Gasteiger charge is -2.36. The van der Waals surface area contributed by atoms with Gasteiger partial charge in [0, 0.05) is 31.4 Å². The maximum absolute atomic E-state index is 12.8. The van der Waals surface area contributed by atoms with Gasteiger partial charge in [-0.3, -0.25) is 19.3 Å². The van der Waals surface area contributed by atoms with Crippen LogP contribution in [0.25, 0.3) is 0 Å². The molecule has 0 aromatic carbocycles. The lowest BCUT2D eigenvalue weighted by molar-refractivity contribution is -0.153. The van der Waals surface area contributed by atoms with Crippen LogP contribution in [-0.2, 0) is 16.1 Å². The van der Waals surface area contributed by atoms with Gasteiger partial charge >= 0.3 is 0 Å². The standard InChI is InChI=1S/C19H23N3O5/c1-13-6-7-21(15(23)10-13)12-19(3,26)18(25)20-8-9-22(16(24)11-20)17-5-4-14(2)27-17/h4-7,10,26H,8-9,11-12H2,1-3H3. The summed E-state index contributed by atoms with van der Waals surface area (Å²) in [6.07, 6.45) is 1.54. The molecule has 8 heteroatoms. The molecule has 1 fully saturated rings. The molecular weight excluding hydrogens is 350 g/mol. The molecule has 1 aliphatic heterocycles. The molecule has 1 N–H and O–H groups in total. The van der Waals surface area contributed by atoms with Crippen LogP contribution in [0.5, 0.6) is 0 Å². The molecule has 0 bridgehead atoms. The lowest BCUT2D eigenvalue weighted by Crippen LogP contribution is -2.58. The molecule has 3 heterocycles. The first-order valence-electron chi connectivity index (χ1n) is 8.73. The maximum Gasteiger partial charge on any atom is 0.256 e. The minimum absolute atomic E-state index is 0.155. The molecule has 2 aromatic rings. The van der Waals surface area contributed by atoms with Crippen LogP contribution in [-0.4, -0.2) is 51.6 Å². The Balaban J connectivity index is 1.70. The van der Waals surface area contributed by atoms with Crippen LogP contribution in [0, 0.1) is 13.8 Å². The van der Waals surface area contributed by atoms with E-state index in [1.807, 2.05) is 0 Å². The summed E-state index contributed by atoms with van der Waals surface area (Å²) in [5.41, 5.74) is -1.29. The van der Waals surface area contributed by atoms with Crippen LogP contribution in [0.3, 0.4) is 0 Å². The first-order valence-corrected chi connectivity index (χ1v) is 8.73. The average Bonchev–Trinajstić information content (AvgIpc) is 3.02. The number of carbonyl (C=O) groups excluding carboxylic acids is 2. The van der Waals surface area contributed by atoms with Gasteiger partial charge in [-0.2, -0.15) is 0 Å². The Morgan fingerprint density at radius 3 is 2.56 bits per heavy atom. The maximum atomic E-state index is 12.8. The Labute approximate surface area is 156 Å². The second-order valence-electron chi connectivity index (χ2n) is 7.10. The molecule has 3 rings (SSSR count). The number of anilines is 1. The van der Waals surface area contributed by atoms with Gasteiger partial charge in [-0.15, -0.1) is 0 Å². The van der Waals surface area contributed by atoms with E-state index in [0.717, 1.165) is 5.56 Å². The molecule has 0 aliphatic carbocycles. The summed E-state index contributed by atoms with van der Waals surface area (Å²) in [6, 6.07) is 6.65. The first kappa shape index (κ1) is 18.9. The topological polar surface area (TPSA) is 96.0 Å². The lowest BCUT2D eigenvalue weighted by atomic mass is 10.0. The molecule has 0 saturated carbocycles. The van der Waals surface area contributed by atoms with Crippen LogP contribution in [0.15, 0.2) is 39.7 Å². The molecule has 8 nitrogen and oxygen atoms in total. The minimum Gasteiger partial charge on any atom is -0.445 e. The van der Waals surface area contributed by atoms with Crippen LogP contribution >= 0.6 is 0 Å². The van der Waals surface area contributed by atoms with Gasteiger partial charge in [0.1, 0.15) is 12.3 Å². The molecule has 1 atom stereocenters. The molecule has 1 saturated heterocycles. The van der Waals surface area contributed by atoms with Crippen LogP contribution in [0.2, 0.25) is 0 Å². The number of aliphatic hydroxyl groups is 1. The number of pyridine rings is 1. The molecule has 2 amide bonds. The van der Waals surface area contributed by atoms with Gasteiger partial charge in [-0.25, -0.2) is 0 Å². The largest absolute Gasteiger partial charge is 0.445 e. The first-order chi connectivity index (χ1) is 12.7. The molecule has 1 aliphatic rings. The molecule has 1 unspecified atom stereocenters. The third-order valence-electron chi connectivity index (χ3n) is 4.59. The summed E-state index contributed by atoms with van der Waals surface area (Å²) in [7, 11) is 0. The van der Waals surface area contributed by atoms with Crippen molar-refractivity contribution < 1.29 is 19.1 Å². The van der Waals surface area contributed by atoms with Crippen molar-refractivity contribution in [2.24, 2.45) is 0 Å². The highest BCUT2D eigenvalue weighted by Crippen LogP contribution is 2.21. The Morgan fingerprint density at radius 1 is 1.22 bits per heavy atom. The number of piperazine rings is 1. The number of nitrogens with zero attached hydrogens (tertiary/aromatic N) is 3. The summed E-state index contributed by atoms with van der Waals surface area (Å²) in [5.74, 6) is 0.274. The zero-order valence-electron chi connectivity index (χ0n) is 15.6. The van der Waals surface area contributed by atoms with E-state index in [1.54, 1.807) is 38.2 Å². The quantitative estimate of drug-likeness (QED) is 0.850. The van der Waals surface area contributed by atoms with Crippen molar-refractivity contribution in [3.05, 3.63) is 52.1 Å². The molecule has 27 heavy (non-hydrogen) atoms. The smallest absolute Gasteiger partial charge is 0.256 e. The number of hydrogen-bond acceptors (Lipinski definition) is 5. The predicted molar refractivity (Wildman–Crippen MR) is 98.4 cm³/mol. The van der Waals surface area contributed by atoms with E-state index in [0.29, 0.717) is 11.6 Å². The highest BCUT2D eigenvalue weighted by atomic mass is 16.4. The number of furan rings is 1. The van der Waals surface area contributed by atoms with E-state index < -0.39 is 11.5 Å². The van der Waals surface area contributed by atoms with Gasteiger partial charge < -0.3 is 19.0 Å². The number of amides is 2. The van der Waals surface area contributed by atoms with Crippen molar-refractivity contribution in [1.82, 2.24) is 9.47 Å². The van der Waals surface area contributed by atoms with Crippen molar-refractivity contribution in [2.45, 2.75) is 32.9 Å². The van der Waals surface area contributed by atoms with Gasteiger partial charge in [-0.05, 0) is 38.5 Å². The van der Waals surface area contributed by atoms with E-state index in [4.69, 9.17) is 4.42 Å².